The van der Waals surface area contributed by atoms with Crippen molar-refractivity contribution in [2.45, 2.75) is 32.7 Å². The highest BCUT2D eigenvalue weighted by molar-refractivity contribution is 5.77. The number of rotatable bonds is 2. The summed E-state index contributed by atoms with van der Waals surface area (Å²) in [5.41, 5.74) is 0. The van der Waals surface area contributed by atoms with Gasteiger partial charge in [0.25, 0.3) is 0 Å². The molecular formula is C14H29N3O2. The molecule has 2 aliphatic rings. The van der Waals surface area contributed by atoms with Crippen LogP contribution < -0.4 is 0 Å². The molecule has 0 atom stereocenters. The number of nitrogens with zero attached hydrogens (tertiary/aromatic N) is 3. The zero-order valence-corrected chi connectivity index (χ0v) is 12.6. The minimum atomic E-state index is -0.353. The van der Waals surface area contributed by atoms with E-state index in [4.69, 9.17) is 5.11 Å². The molecule has 2 fully saturated rings. The lowest BCUT2D eigenvalue weighted by atomic mass is 10.0. The standard InChI is InChI=1S/C12H23N3O2.C2H6/c1-13-4-2-11(3-5-13)14-6-8-15(9-7-14)12(17)10-16;1-2/h11,16H,2-10H2,1H3;1-2H3. The average molecular weight is 271 g/mol. The van der Waals surface area contributed by atoms with Gasteiger partial charge in [0, 0.05) is 32.2 Å². The summed E-state index contributed by atoms with van der Waals surface area (Å²) in [4.78, 5) is 18.0. The van der Waals surface area contributed by atoms with Gasteiger partial charge in [-0.15, -0.1) is 0 Å². The molecule has 0 aliphatic carbocycles. The molecule has 5 heteroatoms. The van der Waals surface area contributed by atoms with Crippen molar-refractivity contribution in [1.82, 2.24) is 14.7 Å². The number of amides is 1. The van der Waals surface area contributed by atoms with E-state index < -0.39 is 0 Å². The lowest BCUT2D eigenvalue weighted by molar-refractivity contribution is -0.136. The first kappa shape index (κ1) is 16.4. The number of carbonyl (C=O) groups excluding carboxylic acids is 1. The Labute approximate surface area is 117 Å². The summed E-state index contributed by atoms with van der Waals surface area (Å²) in [5.74, 6) is -0.131. The Hall–Kier alpha value is -0.650. The molecule has 0 aromatic carbocycles. The molecule has 0 saturated carbocycles. The molecule has 0 spiro atoms. The number of carbonyl (C=O) groups is 1. The normalized spacial score (nSPS) is 22.8. The summed E-state index contributed by atoms with van der Waals surface area (Å²) in [6.07, 6.45) is 2.48. The number of piperidine rings is 1. The van der Waals surface area contributed by atoms with Crippen LogP contribution in [0.3, 0.4) is 0 Å². The first-order chi connectivity index (χ1) is 9.20. The van der Waals surface area contributed by atoms with E-state index in [-0.39, 0.29) is 12.5 Å². The molecule has 2 saturated heterocycles. The first-order valence-electron chi connectivity index (χ1n) is 7.52. The smallest absolute Gasteiger partial charge is 0.248 e. The van der Waals surface area contributed by atoms with Crippen LogP contribution in [-0.4, -0.2) is 84.7 Å². The van der Waals surface area contributed by atoms with Crippen molar-refractivity contribution in [3.8, 4) is 0 Å². The van der Waals surface area contributed by atoms with E-state index in [9.17, 15) is 4.79 Å². The van der Waals surface area contributed by atoms with Crippen LogP contribution in [0.2, 0.25) is 0 Å². The molecular weight excluding hydrogens is 242 g/mol. The van der Waals surface area contributed by atoms with Gasteiger partial charge in [0.2, 0.25) is 5.91 Å². The van der Waals surface area contributed by atoms with E-state index in [1.165, 1.54) is 25.9 Å². The van der Waals surface area contributed by atoms with Gasteiger partial charge in [0.05, 0.1) is 0 Å². The fourth-order valence-electron chi connectivity index (χ4n) is 2.80. The van der Waals surface area contributed by atoms with E-state index >= 15 is 0 Å². The zero-order valence-electron chi connectivity index (χ0n) is 12.6. The second-order valence-corrected chi connectivity index (χ2v) is 5.11. The van der Waals surface area contributed by atoms with Crippen molar-refractivity contribution in [3.05, 3.63) is 0 Å². The SMILES string of the molecule is CC.CN1CCC(N2CCN(C(=O)CO)CC2)CC1. The van der Waals surface area contributed by atoms with Gasteiger partial charge in [-0.05, 0) is 33.0 Å². The molecule has 2 rings (SSSR count). The van der Waals surface area contributed by atoms with E-state index in [0.717, 1.165) is 26.2 Å². The number of hydrogen-bond donors (Lipinski definition) is 1. The Bertz CT molecular complexity index is 257. The Balaban J connectivity index is 0.000000861. The summed E-state index contributed by atoms with van der Waals surface area (Å²) in [6.45, 7) is 9.47. The molecule has 5 nitrogen and oxygen atoms in total. The molecule has 0 aromatic rings. The zero-order chi connectivity index (χ0) is 14.3. The fraction of sp³-hybridized carbons (Fsp3) is 0.929. The summed E-state index contributed by atoms with van der Waals surface area (Å²) < 4.78 is 0. The van der Waals surface area contributed by atoms with Gasteiger partial charge in [-0.25, -0.2) is 0 Å². The molecule has 19 heavy (non-hydrogen) atoms. The maximum atomic E-state index is 11.3. The average Bonchev–Trinajstić information content (AvgIpc) is 2.49. The monoisotopic (exact) mass is 271 g/mol. The minimum absolute atomic E-state index is 0.131. The Morgan fingerprint density at radius 2 is 1.58 bits per heavy atom. The summed E-state index contributed by atoms with van der Waals surface area (Å²) in [5, 5.41) is 8.82. The molecule has 1 amide bonds. The van der Waals surface area contributed by atoms with Crippen molar-refractivity contribution < 1.29 is 9.90 Å². The van der Waals surface area contributed by atoms with Crippen molar-refractivity contribution in [2.75, 3.05) is 52.9 Å². The first-order valence-corrected chi connectivity index (χ1v) is 7.52. The molecule has 112 valence electrons. The van der Waals surface area contributed by atoms with Crippen LogP contribution in [0.5, 0.6) is 0 Å². The van der Waals surface area contributed by atoms with Gasteiger partial charge in [0.1, 0.15) is 6.61 Å². The summed E-state index contributed by atoms with van der Waals surface area (Å²) >= 11 is 0. The summed E-state index contributed by atoms with van der Waals surface area (Å²) in [7, 11) is 2.17. The Kier molecular flexibility index (Phi) is 7.34. The van der Waals surface area contributed by atoms with Crippen molar-refractivity contribution >= 4 is 5.91 Å². The second-order valence-electron chi connectivity index (χ2n) is 5.11. The quantitative estimate of drug-likeness (QED) is 0.782. The topological polar surface area (TPSA) is 47.0 Å². The van der Waals surface area contributed by atoms with Crippen LogP contribution >= 0.6 is 0 Å². The minimum Gasteiger partial charge on any atom is -0.387 e. The third-order valence-electron chi connectivity index (χ3n) is 4.01. The molecule has 2 aliphatic heterocycles. The molecule has 0 aromatic heterocycles. The lowest BCUT2D eigenvalue weighted by Crippen LogP contribution is -2.54. The third kappa shape index (κ3) is 4.75. The van der Waals surface area contributed by atoms with Gasteiger partial charge in [0.15, 0.2) is 0 Å². The highest BCUT2D eigenvalue weighted by atomic mass is 16.3. The van der Waals surface area contributed by atoms with Crippen molar-refractivity contribution in [2.24, 2.45) is 0 Å². The van der Waals surface area contributed by atoms with Gasteiger partial charge in [-0.1, -0.05) is 13.8 Å². The maximum absolute atomic E-state index is 11.3. The van der Waals surface area contributed by atoms with E-state index in [1.54, 1.807) is 4.90 Å². The van der Waals surface area contributed by atoms with Crippen molar-refractivity contribution in [1.29, 1.82) is 0 Å². The number of piperazine rings is 1. The number of hydrogen-bond acceptors (Lipinski definition) is 4. The molecule has 0 unspecified atom stereocenters. The number of aliphatic hydroxyl groups is 1. The largest absolute Gasteiger partial charge is 0.387 e. The molecule has 0 bridgehead atoms. The Morgan fingerprint density at radius 1 is 1.05 bits per heavy atom. The predicted octanol–water partition coefficient (Wildman–Crippen LogP) is 0.243. The number of aliphatic hydroxyl groups excluding tert-OH is 1. The predicted molar refractivity (Wildman–Crippen MR) is 77.1 cm³/mol. The molecule has 2 heterocycles. The Morgan fingerprint density at radius 3 is 2.05 bits per heavy atom. The molecule has 0 radical (unpaired) electrons. The fourth-order valence-corrected chi connectivity index (χ4v) is 2.80. The van der Waals surface area contributed by atoms with Gasteiger partial charge in [-0.2, -0.15) is 0 Å². The van der Waals surface area contributed by atoms with Gasteiger partial charge < -0.3 is 14.9 Å². The van der Waals surface area contributed by atoms with Gasteiger partial charge in [-0.3, -0.25) is 9.69 Å². The van der Waals surface area contributed by atoms with Gasteiger partial charge >= 0.3 is 0 Å². The van der Waals surface area contributed by atoms with Crippen LogP contribution in [0.15, 0.2) is 0 Å². The van der Waals surface area contributed by atoms with Crippen LogP contribution in [0.25, 0.3) is 0 Å². The van der Waals surface area contributed by atoms with Crippen LogP contribution in [0.1, 0.15) is 26.7 Å². The summed E-state index contributed by atoms with van der Waals surface area (Å²) in [6, 6.07) is 0.692. The van der Waals surface area contributed by atoms with E-state index in [0.29, 0.717) is 6.04 Å². The van der Waals surface area contributed by atoms with Crippen LogP contribution in [0, 0.1) is 0 Å². The van der Waals surface area contributed by atoms with Crippen LogP contribution in [0.4, 0.5) is 0 Å². The van der Waals surface area contributed by atoms with E-state index in [1.807, 2.05) is 13.8 Å². The highest BCUT2D eigenvalue weighted by Crippen LogP contribution is 2.17. The molecule has 1 N–H and O–H groups in total. The van der Waals surface area contributed by atoms with E-state index in [2.05, 4.69) is 16.8 Å². The maximum Gasteiger partial charge on any atom is 0.248 e. The highest BCUT2D eigenvalue weighted by Gasteiger charge is 2.27. The van der Waals surface area contributed by atoms with Crippen molar-refractivity contribution in [3.63, 3.8) is 0 Å². The third-order valence-corrected chi connectivity index (χ3v) is 4.01. The number of likely N-dealkylation sites (tertiary alicyclic amines) is 1. The van der Waals surface area contributed by atoms with Crippen LogP contribution in [-0.2, 0) is 4.79 Å². The second kappa shape index (κ2) is 8.51. The lowest BCUT2D eigenvalue weighted by Gasteiger charge is -2.42.